The van der Waals surface area contributed by atoms with Gasteiger partial charge in [-0.25, -0.2) is 13.2 Å². The Morgan fingerprint density at radius 3 is 2.35 bits per heavy atom. The molecule has 1 amide bonds. The smallest absolute Gasteiger partial charge is 0.337 e. The van der Waals surface area contributed by atoms with E-state index in [1.807, 2.05) is 0 Å². The Kier molecular flexibility index (Phi) is 8.14. The summed E-state index contributed by atoms with van der Waals surface area (Å²) in [4.78, 5) is 24.9. The van der Waals surface area contributed by atoms with Crippen molar-refractivity contribution < 1.29 is 27.5 Å². The Labute approximate surface area is 203 Å². The number of hydrogen-bond donors (Lipinski definition) is 1. The van der Waals surface area contributed by atoms with E-state index >= 15 is 0 Å². The lowest BCUT2D eigenvalue weighted by Crippen LogP contribution is -2.38. The second-order valence-electron chi connectivity index (χ2n) is 6.96. The van der Waals surface area contributed by atoms with Crippen molar-refractivity contribution in [3.05, 3.63) is 83.4 Å². The number of benzene rings is 3. The number of para-hydroxylation sites is 2. The highest BCUT2D eigenvalue weighted by molar-refractivity contribution is 7.92. The molecule has 0 radical (unpaired) electrons. The third-order valence-electron chi connectivity index (χ3n) is 4.71. The lowest BCUT2D eigenvalue weighted by Gasteiger charge is -2.26. The Bertz CT molecular complexity index is 1280. The molecule has 0 unspecified atom stereocenters. The van der Waals surface area contributed by atoms with Crippen molar-refractivity contribution in [1.82, 2.24) is 0 Å². The molecule has 0 spiro atoms. The third kappa shape index (κ3) is 5.67. The second-order valence-corrected chi connectivity index (χ2v) is 9.23. The maximum Gasteiger partial charge on any atom is 0.337 e. The van der Waals surface area contributed by atoms with E-state index in [2.05, 4.69) is 5.32 Å². The van der Waals surface area contributed by atoms with Crippen LogP contribution in [-0.2, 0) is 19.6 Å². The summed E-state index contributed by atoms with van der Waals surface area (Å²) in [5, 5.41) is 2.75. The minimum Gasteiger partial charge on any atom is -0.492 e. The molecule has 0 heterocycles. The number of hydrogen-bond acceptors (Lipinski definition) is 6. The number of carbonyl (C=O) groups excluding carboxylic acids is 2. The van der Waals surface area contributed by atoms with Crippen molar-refractivity contribution in [2.24, 2.45) is 0 Å². The van der Waals surface area contributed by atoms with E-state index < -0.39 is 28.4 Å². The first kappa shape index (κ1) is 25.1. The summed E-state index contributed by atoms with van der Waals surface area (Å²) in [7, 11) is -2.90. The van der Waals surface area contributed by atoms with E-state index in [1.165, 1.54) is 37.4 Å². The topological polar surface area (TPSA) is 102 Å². The van der Waals surface area contributed by atoms with Gasteiger partial charge in [-0.1, -0.05) is 41.9 Å². The maximum atomic E-state index is 13.5. The molecular weight excluding hydrogens is 480 g/mol. The average Bonchev–Trinajstić information content (AvgIpc) is 2.84. The fraction of sp³-hybridized carbons (Fsp3) is 0.167. The largest absolute Gasteiger partial charge is 0.492 e. The first-order valence-corrected chi connectivity index (χ1v) is 12.1. The normalized spacial score (nSPS) is 10.9. The van der Waals surface area contributed by atoms with Crippen LogP contribution in [0, 0.1) is 0 Å². The monoisotopic (exact) mass is 502 g/mol. The molecule has 0 aliphatic heterocycles. The Morgan fingerprint density at radius 2 is 1.68 bits per heavy atom. The van der Waals surface area contributed by atoms with Gasteiger partial charge in [-0.15, -0.1) is 0 Å². The van der Waals surface area contributed by atoms with Crippen LogP contribution in [0.15, 0.2) is 77.7 Å². The van der Waals surface area contributed by atoms with Gasteiger partial charge in [0.05, 0.1) is 40.6 Å². The molecule has 0 atom stereocenters. The number of sulfonamides is 1. The van der Waals surface area contributed by atoms with Gasteiger partial charge in [-0.2, -0.15) is 0 Å². The number of ether oxygens (including phenoxy) is 2. The summed E-state index contributed by atoms with van der Waals surface area (Å²) >= 11 is 6.18. The Hall–Kier alpha value is -3.56. The van der Waals surface area contributed by atoms with Gasteiger partial charge in [0.1, 0.15) is 12.3 Å². The highest BCUT2D eigenvalue weighted by atomic mass is 35.5. The van der Waals surface area contributed by atoms with Crippen LogP contribution in [-0.4, -0.2) is 40.6 Å². The van der Waals surface area contributed by atoms with Crippen LogP contribution in [0.25, 0.3) is 0 Å². The van der Waals surface area contributed by atoms with Crippen LogP contribution in [0.5, 0.6) is 5.75 Å². The average molecular weight is 503 g/mol. The van der Waals surface area contributed by atoms with Crippen molar-refractivity contribution in [2.45, 2.75) is 11.8 Å². The van der Waals surface area contributed by atoms with Gasteiger partial charge >= 0.3 is 5.97 Å². The van der Waals surface area contributed by atoms with Crippen LogP contribution >= 0.6 is 11.6 Å². The molecule has 0 aromatic heterocycles. The zero-order chi connectivity index (χ0) is 24.7. The molecule has 8 nitrogen and oxygen atoms in total. The number of methoxy groups -OCH3 is 1. The molecule has 3 aromatic rings. The summed E-state index contributed by atoms with van der Waals surface area (Å²) in [5.74, 6) is -0.969. The zero-order valence-electron chi connectivity index (χ0n) is 18.5. The molecule has 0 saturated carbocycles. The molecule has 0 aliphatic rings. The first-order chi connectivity index (χ1) is 16.3. The Morgan fingerprint density at radius 1 is 1.00 bits per heavy atom. The van der Waals surface area contributed by atoms with Gasteiger partial charge in [0.15, 0.2) is 0 Å². The van der Waals surface area contributed by atoms with Crippen LogP contribution in [0.2, 0.25) is 5.02 Å². The number of anilines is 2. The fourth-order valence-electron chi connectivity index (χ4n) is 3.15. The molecule has 3 aromatic carbocycles. The fourth-order valence-corrected chi connectivity index (χ4v) is 4.76. The van der Waals surface area contributed by atoms with Gasteiger partial charge in [0.2, 0.25) is 5.91 Å². The van der Waals surface area contributed by atoms with E-state index in [9.17, 15) is 18.0 Å². The van der Waals surface area contributed by atoms with Crippen molar-refractivity contribution in [1.29, 1.82) is 0 Å². The van der Waals surface area contributed by atoms with Gasteiger partial charge in [-0.05, 0) is 49.4 Å². The summed E-state index contributed by atoms with van der Waals surface area (Å²) in [6.07, 6.45) is 0. The lowest BCUT2D eigenvalue weighted by molar-refractivity contribution is -0.114. The summed E-state index contributed by atoms with van der Waals surface area (Å²) in [5.41, 5.74) is 0.528. The van der Waals surface area contributed by atoms with Crippen LogP contribution in [0.3, 0.4) is 0 Å². The standard InChI is InChI=1S/C24H23ClN2O6S/c1-3-33-22-12-8-7-11-21(22)27(34(30,31)18-9-5-4-6-10-18)16-23(28)26-20-15-17(24(29)32-2)13-14-19(20)25/h4-15H,3,16H2,1-2H3,(H,26,28). The molecule has 0 saturated heterocycles. The molecule has 178 valence electrons. The molecule has 34 heavy (non-hydrogen) atoms. The van der Waals surface area contributed by atoms with Gasteiger partial charge in [0, 0.05) is 0 Å². The van der Waals surface area contributed by atoms with E-state index in [-0.39, 0.29) is 26.9 Å². The number of esters is 1. The predicted octanol–water partition coefficient (Wildman–Crippen LogP) is 4.36. The van der Waals surface area contributed by atoms with Crippen LogP contribution in [0.4, 0.5) is 11.4 Å². The van der Waals surface area contributed by atoms with E-state index in [1.54, 1.807) is 49.4 Å². The molecule has 0 fully saturated rings. The molecule has 0 aliphatic carbocycles. The second kappa shape index (κ2) is 11.0. The van der Waals surface area contributed by atoms with E-state index in [4.69, 9.17) is 21.1 Å². The van der Waals surface area contributed by atoms with Crippen molar-refractivity contribution in [3.8, 4) is 5.75 Å². The third-order valence-corrected chi connectivity index (χ3v) is 6.82. The van der Waals surface area contributed by atoms with Crippen LogP contribution in [0.1, 0.15) is 17.3 Å². The van der Waals surface area contributed by atoms with Gasteiger partial charge < -0.3 is 14.8 Å². The van der Waals surface area contributed by atoms with Crippen molar-refractivity contribution in [2.75, 3.05) is 29.9 Å². The number of halogens is 1. The number of carbonyl (C=O) groups is 2. The summed E-state index contributed by atoms with van der Waals surface area (Å²) in [6.45, 7) is 1.51. The number of amides is 1. The predicted molar refractivity (Wildman–Crippen MR) is 130 cm³/mol. The van der Waals surface area contributed by atoms with Crippen molar-refractivity contribution in [3.63, 3.8) is 0 Å². The zero-order valence-corrected chi connectivity index (χ0v) is 20.1. The minimum atomic E-state index is -4.13. The SMILES string of the molecule is CCOc1ccccc1N(CC(=O)Nc1cc(C(=O)OC)ccc1Cl)S(=O)(=O)c1ccccc1. The quantitative estimate of drug-likeness (QED) is 0.436. The van der Waals surface area contributed by atoms with Gasteiger partial charge in [0.25, 0.3) is 10.0 Å². The highest BCUT2D eigenvalue weighted by Gasteiger charge is 2.29. The number of rotatable bonds is 9. The van der Waals surface area contributed by atoms with E-state index in [0.717, 1.165) is 4.31 Å². The van der Waals surface area contributed by atoms with Crippen molar-refractivity contribution >= 4 is 44.9 Å². The van der Waals surface area contributed by atoms with Gasteiger partial charge in [-0.3, -0.25) is 9.10 Å². The molecule has 1 N–H and O–H groups in total. The first-order valence-electron chi connectivity index (χ1n) is 10.2. The summed E-state index contributed by atoms with van der Waals surface area (Å²) in [6, 6.07) is 18.6. The van der Waals surface area contributed by atoms with E-state index in [0.29, 0.717) is 12.4 Å². The molecule has 3 rings (SSSR count). The Balaban J connectivity index is 1.99. The minimum absolute atomic E-state index is 0.0137. The highest BCUT2D eigenvalue weighted by Crippen LogP contribution is 2.33. The number of nitrogens with zero attached hydrogens (tertiary/aromatic N) is 1. The number of nitrogens with one attached hydrogen (secondary N) is 1. The molecule has 10 heteroatoms. The van der Waals surface area contributed by atoms with Crippen LogP contribution < -0.4 is 14.4 Å². The maximum absolute atomic E-state index is 13.5. The summed E-state index contributed by atoms with van der Waals surface area (Å²) < 4.78 is 38.3. The molecular formula is C24H23ClN2O6S. The molecule has 0 bridgehead atoms. The lowest BCUT2D eigenvalue weighted by atomic mass is 10.2.